The Hall–Kier alpha value is -1.18. The predicted molar refractivity (Wildman–Crippen MR) is 48.2 cm³/mol. The van der Waals surface area contributed by atoms with Crippen molar-refractivity contribution in [3.8, 4) is 5.75 Å². The first-order valence-corrected chi connectivity index (χ1v) is 5.29. The minimum absolute atomic E-state index is 0.0714. The molecule has 0 aliphatic heterocycles. The predicted octanol–water partition coefficient (Wildman–Crippen LogP) is -0.942. The van der Waals surface area contributed by atoms with Crippen LogP contribution in [-0.4, -0.2) is 36.8 Å². The molecule has 7 heteroatoms. The van der Waals surface area contributed by atoms with Gasteiger partial charge in [0, 0.05) is 18.8 Å². The molecule has 0 saturated carbocycles. The molecule has 1 rings (SSSR count). The van der Waals surface area contributed by atoms with Crippen LogP contribution in [0.5, 0.6) is 5.75 Å². The van der Waals surface area contributed by atoms with Gasteiger partial charge in [-0.05, 0) is 0 Å². The zero-order chi connectivity index (χ0) is 10.6. The zero-order valence-electron chi connectivity index (χ0n) is 7.21. The lowest BCUT2D eigenvalue weighted by molar-refractivity contribution is 0.301. The van der Waals surface area contributed by atoms with Gasteiger partial charge in [-0.3, -0.25) is 4.98 Å². The van der Waals surface area contributed by atoms with Crippen LogP contribution in [0.4, 0.5) is 0 Å². The van der Waals surface area contributed by atoms with Crippen LogP contribution < -0.4 is 4.72 Å². The maximum atomic E-state index is 11.4. The van der Waals surface area contributed by atoms with Gasteiger partial charge < -0.3 is 10.2 Å². The van der Waals surface area contributed by atoms with E-state index in [2.05, 4.69) is 9.71 Å². The third-order valence-corrected chi connectivity index (χ3v) is 2.84. The van der Waals surface area contributed by atoms with Gasteiger partial charge in [0.25, 0.3) is 0 Å². The number of aliphatic hydroxyl groups is 1. The van der Waals surface area contributed by atoms with Crippen molar-refractivity contribution in [2.45, 2.75) is 4.90 Å². The number of nitrogens with zero attached hydrogens (tertiary/aromatic N) is 1. The third kappa shape index (κ3) is 2.66. The molecule has 1 aromatic heterocycles. The monoisotopic (exact) mass is 218 g/mol. The van der Waals surface area contributed by atoms with Crippen LogP contribution >= 0.6 is 0 Å². The van der Waals surface area contributed by atoms with Gasteiger partial charge in [-0.2, -0.15) is 0 Å². The molecule has 0 radical (unpaired) electrons. The lowest BCUT2D eigenvalue weighted by atomic mass is 10.5. The molecule has 6 nitrogen and oxygen atoms in total. The third-order valence-electron chi connectivity index (χ3n) is 1.41. The molecule has 0 aliphatic carbocycles. The van der Waals surface area contributed by atoms with Crippen molar-refractivity contribution in [2.75, 3.05) is 13.2 Å². The van der Waals surface area contributed by atoms with Gasteiger partial charge in [0.15, 0.2) is 0 Å². The molecule has 0 unspecified atom stereocenters. The second-order valence-corrected chi connectivity index (χ2v) is 4.27. The van der Waals surface area contributed by atoms with Crippen LogP contribution in [-0.2, 0) is 10.0 Å². The first kappa shape index (κ1) is 10.9. The lowest BCUT2D eigenvalue weighted by Crippen LogP contribution is -2.26. The fourth-order valence-electron chi connectivity index (χ4n) is 0.818. The van der Waals surface area contributed by atoms with E-state index in [9.17, 15) is 8.42 Å². The Kier molecular flexibility index (Phi) is 3.39. The van der Waals surface area contributed by atoms with E-state index in [1.165, 1.54) is 0 Å². The average Bonchev–Trinajstić information content (AvgIpc) is 2.15. The quantitative estimate of drug-likeness (QED) is 0.605. The summed E-state index contributed by atoms with van der Waals surface area (Å²) < 4.78 is 24.9. The Labute approximate surface area is 81.3 Å². The molecular weight excluding hydrogens is 208 g/mol. The SMILES string of the molecule is O=S(=O)(NCCO)c1cncc(O)c1. The van der Waals surface area contributed by atoms with Crippen LogP contribution in [0.1, 0.15) is 0 Å². The number of hydrogen-bond acceptors (Lipinski definition) is 5. The largest absolute Gasteiger partial charge is 0.506 e. The Morgan fingerprint density at radius 1 is 1.43 bits per heavy atom. The minimum Gasteiger partial charge on any atom is -0.506 e. The van der Waals surface area contributed by atoms with E-state index in [4.69, 9.17) is 10.2 Å². The summed E-state index contributed by atoms with van der Waals surface area (Å²) in [4.78, 5) is 3.39. The summed E-state index contributed by atoms with van der Waals surface area (Å²) in [5.41, 5.74) is 0. The lowest BCUT2D eigenvalue weighted by Gasteiger charge is -2.04. The summed E-state index contributed by atoms with van der Waals surface area (Å²) in [6.07, 6.45) is 2.24. The Morgan fingerprint density at radius 3 is 2.71 bits per heavy atom. The summed E-state index contributed by atoms with van der Waals surface area (Å²) in [6.45, 7) is -0.358. The average molecular weight is 218 g/mol. The number of rotatable bonds is 4. The van der Waals surface area contributed by atoms with Crippen molar-refractivity contribution in [1.29, 1.82) is 0 Å². The molecule has 0 atom stereocenters. The van der Waals surface area contributed by atoms with E-state index in [1.54, 1.807) is 0 Å². The van der Waals surface area contributed by atoms with Crippen LogP contribution in [0.25, 0.3) is 0 Å². The number of aliphatic hydroxyl groups excluding tert-OH is 1. The molecule has 0 saturated heterocycles. The Morgan fingerprint density at radius 2 is 2.14 bits per heavy atom. The van der Waals surface area contributed by atoms with Gasteiger partial charge in [0.05, 0.1) is 12.8 Å². The van der Waals surface area contributed by atoms with E-state index in [0.717, 1.165) is 18.5 Å². The number of nitrogens with one attached hydrogen (secondary N) is 1. The van der Waals surface area contributed by atoms with Crippen molar-refractivity contribution in [1.82, 2.24) is 9.71 Å². The molecule has 0 fully saturated rings. The fourth-order valence-corrected chi connectivity index (χ4v) is 1.82. The summed E-state index contributed by atoms with van der Waals surface area (Å²) in [5, 5.41) is 17.4. The number of aromatic nitrogens is 1. The van der Waals surface area contributed by atoms with Crippen molar-refractivity contribution < 1.29 is 18.6 Å². The first-order chi connectivity index (χ1) is 6.56. The number of aromatic hydroxyl groups is 1. The molecule has 0 bridgehead atoms. The maximum Gasteiger partial charge on any atom is 0.242 e. The number of sulfonamides is 1. The second kappa shape index (κ2) is 4.36. The maximum absolute atomic E-state index is 11.4. The van der Waals surface area contributed by atoms with Crippen molar-refractivity contribution in [3.63, 3.8) is 0 Å². The molecule has 78 valence electrons. The number of hydrogen-bond donors (Lipinski definition) is 3. The first-order valence-electron chi connectivity index (χ1n) is 3.81. The molecule has 0 spiro atoms. The smallest absolute Gasteiger partial charge is 0.242 e. The van der Waals surface area contributed by atoms with Crippen molar-refractivity contribution in [3.05, 3.63) is 18.5 Å². The molecular formula is C7H10N2O4S. The zero-order valence-corrected chi connectivity index (χ0v) is 8.03. The van der Waals surface area contributed by atoms with E-state index >= 15 is 0 Å². The molecule has 1 heterocycles. The summed E-state index contributed by atoms with van der Waals surface area (Å²) in [6, 6.07) is 1.08. The highest BCUT2D eigenvalue weighted by atomic mass is 32.2. The van der Waals surface area contributed by atoms with E-state index in [-0.39, 0.29) is 23.8 Å². The normalized spacial score (nSPS) is 11.5. The Balaban J connectivity index is 2.93. The summed E-state index contributed by atoms with van der Waals surface area (Å²) in [7, 11) is -3.68. The summed E-state index contributed by atoms with van der Waals surface area (Å²) in [5.74, 6) is -0.225. The van der Waals surface area contributed by atoms with Crippen LogP contribution in [0.15, 0.2) is 23.4 Å². The topological polar surface area (TPSA) is 99.5 Å². The fraction of sp³-hybridized carbons (Fsp3) is 0.286. The van der Waals surface area contributed by atoms with E-state index in [0.29, 0.717) is 0 Å². The van der Waals surface area contributed by atoms with Gasteiger partial charge in [-0.25, -0.2) is 13.1 Å². The molecule has 1 aromatic rings. The van der Waals surface area contributed by atoms with Crippen LogP contribution in [0, 0.1) is 0 Å². The van der Waals surface area contributed by atoms with Gasteiger partial charge in [0.1, 0.15) is 10.6 Å². The summed E-state index contributed by atoms with van der Waals surface area (Å²) >= 11 is 0. The standard InChI is InChI=1S/C7H10N2O4S/c10-2-1-9-14(12,13)7-3-6(11)4-8-5-7/h3-5,9-11H,1-2H2. The number of pyridine rings is 1. The molecule has 3 N–H and O–H groups in total. The van der Waals surface area contributed by atoms with E-state index in [1.807, 2.05) is 0 Å². The molecule has 14 heavy (non-hydrogen) atoms. The van der Waals surface area contributed by atoms with Crippen molar-refractivity contribution in [2.24, 2.45) is 0 Å². The van der Waals surface area contributed by atoms with Crippen LogP contribution in [0.3, 0.4) is 0 Å². The van der Waals surface area contributed by atoms with Crippen molar-refractivity contribution >= 4 is 10.0 Å². The molecule has 0 amide bonds. The highest BCUT2D eigenvalue weighted by molar-refractivity contribution is 7.89. The second-order valence-electron chi connectivity index (χ2n) is 2.50. The van der Waals surface area contributed by atoms with Gasteiger partial charge in [0.2, 0.25) is 10.0 Å². The molecule has 0 aromatic carbocycles. The van der Waals surface area contributed by atoms with Gasteiger partial charge >= 0.3 is 0 Å². The van der Waals surface area contributed by atoms with Crippen LogP contribution in [0.2, 0.25) is 0 Å². The van der Waals surface area contributed by atoms with Gasteiger partial charge in [-0.1, -0.05) is 0 Å². The highest BCUT2D eigenvalue weighted by Gasteiger charge is 2.13. The van der Waals surface area contributed by atoms with E-state index < -0.39 is 10.0 Å². The van der Waals surface area contributed by atoms with Gasteiger partial charge in [-0.15, -0.1) is 0 Å². The molecule has 0 aliphatic rings. The minimum atomic E-state index is -3.68. The highest BCUT2D eigenvalue weighted by Crippen LogP contribution is 2.13. The Bertz CT molecular complexity index is 404.